The number of aliphatic hydroxyl groups is 1. The maximum Gasteiger partial charge on any atom is 0.223 e. The number of hydrogen-bond donors (Lipinski definition) is 2. The number of aliphatic hydroxyl groups excluding tert-OH is 1. The van der Waals surface area contributed by atoms with Crippen molar-refractivity contribution in [2.24, 2.45) is 23.7 Å². The summed E-state index contributed by atoms with van der Waals surface area (Å²) in [4.78, 5) is 12.0. The molecule has 3 unspecified atom stereocenters. The van der Waals surface area contributed by atoms with Crippen LogP contribution in [0.5, 0.6) is 0 Å². The van der Waals surface area contributed by atoms with Crippen LogP contribution in [0.1, 0.15) is 39.5 Å². The van der Waals surface area contributed by atoms with Gasteiger partial charge in [0.05, 0.1) is 0 Å². The Hall–Kier alpha value is -0.570. The molecule has 2 rings (SSSR count). The van der Waals surface area contributed by atoms with Crippen LogP contribution in [0.3, 0.4) is 0 Å². The summed E-state index contributed by atoms with van der Waals surface area (Å²) in [6.45, 7) is 4.33. The van der Waals surface area contributed by atoms with Gasteiger partial charge in [0.25, 0.3) is 0 Å². The molecule has 2 N–H and O–H groups in total. The molecule has 2 fully saturated rings. The van der Waals surface area contributed by atoms with E-state index in [1.54, 1.807) is 0 Å². The van der Waals surface area contributed by atoms with E-state index in [-0.39, 0.29) is 24.5 Å². The maximum atomic E-state index is 12.0. The van der Waals surface area contributed by atoms with Gasteiger partial charge in [-0.1, -0.05) is 13.8 Å². The van der Waals surface area contributed by atoms with Gasteiger partial charge in [0.2, 0.25) is 5.91 Å². The summed E-state index contributed by atoms with van der Waals surface area (Å²) in [7, 11) is 0. The highest BCUT2D eigenvalue weighted by atomic mass is 16.3. The third kappa shape index (κ3) is 2.57. The van der Waals surface area contributed by atoms with Gasteiger partial charge in [-0.3, -0.25) is 4.79 Å². The molecule has 0 heterocycles. The molecule has 2 aliphatic rings. The van der Waals surface area contributed by atoms with Crippen molar-refractivity contribution in [1.29, 1.82) is 0 Å². The lowest BCUT2D eigenvalue weighted by molar-refractivity contribution is -0.126. The standard InChI is InChI=1S/C13H23NO2/c1-8(2)12(3-4-15)14-13(16)11-6-9-5-10(9)7-11/h8-12,15H,3-7H2,1-2H3,(H,14,16). The van der Waals surface area contributed by atoms with Crippen molar-refractivity contribution in [2.45, 2.75) is 45.6 Å². The lowest BCUT2D eigenvalue weighted by Crippen LogP contribution is -2.42. The van der Waals surface area contributed by atoms with Gasteiger partial charge in [0.1, 0.15) is 0 Å². The van der Waals surface area contributed by atoms with Crippen LogP contribution in [0.2, 0.25) is 0 Å². The molecule has 3 heteroatoms. The summed E-state index contributed by atoms with van der Waals surface area (Å²) in [5.41, 5.74) is 0. The minimum Gasteiger partial charge on any atom is -0.396 e. The highest BCUT2D eigenvalue weighted by Gasteiger charge is 2.48. The molecule has 0 aromatic rings. The molecule has 0 spiro atoms. The number of nitrogens with one attached hydrogen (secondary N) is 1. The van der Waals surface area contributed by atoms with E-state index in [4.69, 9.17) is 5.11 Å². The van der Waals surface area contributed by atoms with Gasteiger partial charge in [0, 0.05) is 18.6 Å². The third-order valence-corrected chi connectivity index (χ3v) is 4.19. The summed E-state index contributed by atoms with van der Waals surface area (Å²) < 4.78 is 0. The first-order chi connectivity index (χ1) is 7.61. The lowest BCUT2D eigenvalue weighted by Gasteiger charge is -2.23. The predicted molar refractivity (Wildman–Crippen MR) is 62.8 cm³/mol. The van der Waals surface area contributed by atoms with Gasteiger partial charge < -0.3 is 10.4 Å². The second-order valence-corrected chi connectivity index (χ2v) is 5.80. The molecule has 0 saturated heterocycles. The molecule has 0 bridgehead atoms. The zero-order valence-electron chi connectivity index (χ0n) is 10.3. The first-order valence-corrected chi connectivity index (χ1v) is 6.53. The summed E-state index contributed by atoms with van der Waals surface area (Å²) in [5, 5.41) is 12.1. The van der Waals surface area contributed by atoms with Crippen LogP contribution in [0.25, 0.3) is 0 Å². The molecule has 2 saturated carbocycles. The van der Waals surface area contributed by atoms with Crippen LogP contribution < -0.4 is 5.32 Å². The number of carbonyl (C=O) groups is 1. The molecule has 0 aromatic carbocycles. The average Bonchev–Trinajstić information content (AvgIpc) is 2.84. The van der Waals surface area contributed by atoms with Crippen molar-refractivity contribution in [3.8, 4) is 0 Å². The van der Waals surface area contributed by atoms with E-state index in [0.717, 1.165) is 24.7 Å². The van der Waals surface area contributed by atoms with Gasteiger partial charge in [0.15, 0.2) is 0 Å². The van der Waals surface area contributed by atoms with Crippen LogP contribution in [0.15, 0.2) is 0 Å². The Morgan fingerprint density at radius 1 is 1.31 bits per heavy atom. The van der Waals surface area contributed by atoms with Crippen molar-refractivity contribution < 1.29 is 9.90 Å². The number of carbonyl (C=O) groups excluding carboxylic acids is 1. The zero-order valence-corrected chi connectivity index (χ0v) is 10.3. The van der Waals surface area contributed by atoms with Gasteiger partial charge >= 0.3 is 0 Å². The van der Waals surface area contributed by atoms with Crippen molar-refractivity contribution >= 4 is 5.91 Å². The molecule has 0 aliphatic heterocycles. The minimum atomic E-state index is 0.134. The molecule has 16 heavy (non-hydrogen) atoms. The number of hydrogen-bond acceptors (Lipinski definition) is 2. The lowest BCUT2D eigenvalue weighted by atomic mass is 9.98. The normalized spacial score (nSPS) is 33.6. The van der Waals surface area contributed by atoms with Crippen LogP contribution >= 0.6 is 0 Å². The smallest absolute Gasteiger partial charge is 0.223 e. The Balaban J connectivity index is 1.80. The van der Waals surface area contributed by atoms with E-state index in [1.807, 2.05) is 0 Å². The molecule has 92 valence electrons. The monoisotopic (exact) mass is 225 g/mol. The van der Waals surface area contributed by atoms with Gasteiger partial charge in [-0.15, -0.1) is 0 Å². The van der Waals surface area contributed by atoms with Crippen molar-refractivity contribution in [2.75, 3.05) is 6.61 Å². The summed E-state index contributed by atoms with van der Waals surface area (Å²) >= 11 is 0. The van der Waals surface area contributed by atoms with E-state index >= 15 is 0 Å². The summed E-state index contributed by atoms with van der Waals surface area (Å²) in [6.07, 6.45) is 4.22. The highest BCUT2D eigenvalue weighted by molar-refractivity contribution is 5.79. The van der Waals surface area contributed by atoms with Crippen LogP contribution in [0.4, 0.5) is 0 Å². The van der Waals surface area contributed by atoms with Crippen LogP contribution in [0, 0.1) is 23.7 Å². The number of fused-ring (bicyclic) bond motifs is 1. The van der Waals surface area contributed by atoms with Crippen molar-refractivity contribution in [3.05, 3.63) is 0 Å². The van der Waals surface area contributed by atoms with Gasteiger partial charge in [-0.25, -0.2) is 0 Å². The molecule has 3 atom stereocenters. The zero-order chi connectivity index (χ0) is 11.7. The van der Waals surface area contributed by atoms with E-state index < -0.39 is 0 Å². The average molecular weight is 225 g/mol. The second kappa shape index (κ2) is 4.74. The Morgan fingerprint density at radius 3 is 2.44 bits per heavy atom. The van der Waals surface area contributed by atoms with E-state index in [2.05, 4.69) is 19.2 Å². The fourth-order valence-corrected chi connectivity index (χ4v) is 2.94. The Bertz CT molecular complexity index is 255. The fourth-order valence-electron chi connectivity index (χ4n) is 2.94. The maximum absolute atomic E-state index is 12.0. The largest absolute Gasteiger partial charge is 0.396 e. The molecular formula is C13H23NO2. The first kappa shape index (κ1) is 11.9. The van der Waals surface area contributed by atoms with Crippen molar-refractivity contribution in [3.63, 3.8) is 0 Å². The Labute approximate surface area is 97.6 Å². The molecule has 1 amide bonds. The Kier molecular flexibility index (Phi) is 3.53. The predicted octanol–water partition coefficient (Wildman–Crippen LogP) is 1.56. The first-order valence-electron chi connectivity index (χ1n) is 6.53. The van der Waals surface area contributed by atoms with Gasteiger partial charge in [-0.05, 0) is 43.4 Å². The van der Waals surface area contributed by atoms with E-state index in [1.165, 1.54) is 6.42 Å². The topological polar surface area (TPSA) is 49.3 Å². The second-order valence-electron chi connectivity index (χ2n) is 5.80. The molecular weight excluding hydrogens is 202 g/mol. The molecule has 2 aliphatic carbocycles. The molecule has 0 aromatic heterocycles. The molecule has 3 nitrogen and oxygen atoms in total. The van der Waals surface area contributed by atoms with E-state index in [0.29, 0.717) is 12.3 Å². The van der Waals surface area contributed by atoms with Crippen LogP contribution in [-0.4, -0.2) is 23.7 Å². The SMILES string of the molecule is CC(C)C(CCO)NC(=O)C1CC2CC2C1. The minimum absolute atomic E-state index is 0.134. The van der Waals surface area contributed by atoms with Gasteiger partial charge in [-0.2, -0.15) is 0 Å². The van der Waals surface area contributed by atoms with Crippen LogP contribution in [-0.2, 0) is 4.79 Å². The molecule has 0 radical (unpaired) electrons. The van der Waals surface area contributed by atoms with Crippen molar-refractivity contribution in [1.82, 2.24) is 5.32 Å². The van der Waals surface area contributed by atoms with E-state index in [9.17, 15) is 4.79 Å². The highest BCUT2D eigenvalue weighted by Crippen LogP contribution is 2.54. The fraction of sp³-hybridized carbons (Fsp3) is 0.923. The summed E-state index contributed by atoms with van der Waals surface area (Å²) in [6, 6.07) is 0.134. The number of amides is 1. The number of rotatable bonds is 5. The Morgan fingerprint density at radius 2 is 1.94 bits per heavy atom. The summed E-state index contributed by atoms with van der Waals surface area (Å²) in [5.74, 6) is 2.58. The quantitative estimate of drug-likeness (QED) is 0.746. The third-order valence-electron chi connectivity index (χ3n) is 4.19.